The van der Waals surface area contributed by atoms with E-state index in [1.807, 2.05) is 45.3 Å². The minimum absolute atomic E-state index is 1.36. The average molecular weight is 383 g/mol. The van der Waals surface area contributed by atoms with E-state index >= 15 is 0 Å². The van der Waals surface area contributed by atoms with E-state index < -0.39 is 0 Å². The molecule has 0 radical (unpaired) electrons. The van der Waals surface area contributed by atoms with Crippen LogP contribution in [0.4, 0.5) is 0 Å². The number of fused-ring (bicyclic) bond motifs is 3. The molecule has 4 aromatic heterocycles. The Morgan fingerprint density at radius 2 is 1.38 bits per heavy atom. The molecule has 0 fully saturated rings. The Bertz CT molecular complexity index is 1090. The Kier molecular flexibility index (Phi) is 3.42. The number of rotatable bonds is 2. The largest absolute Gasteiger partial charge is 0.143 e. The van der Waals surface area contributed by atoms with Crippen LogP contribution >= 0.6 is 45.3 Å². The fourth-order valence-electron chi connectivity index (χ4n) is 3.09. The maximum absolute atomic E-state index is 2.39. The summed E-state index contributed by atoms with van der Waals surface area (Å²) in [5, 5.41) is 7.15. The quantitative estimate of drug-likeness (QED) is 0.289. The van der Waals surface area contributed by atoms with Crippen LogP contribution in [0, 0.1) is 13.8 Å². The van der Waals surface area contributed by atoms with E-state index in [4.69, 9.17) is 0 Å². The summed E-state index contributed by atoms with van der Waals surface area (Å²) in [5.41, 5.74) is 2.76. The fourth-order valence-corrected chi connectivity index (χ4v) is 7.62. The summed E-state index contributed by atoms with van der Waals surface area (Å²) < 4.78 is 2.81. The smallest absolute Gasteiger partial charge is 0.0472 e. The summed E-state index contributed by atoms with van der Waals surface area (Å²) in [6.07, 6.45) is 0. The zero-order valence-corrected chi connectivity index (χ0v) is 16.5. The van der Waals surface area contributed by atoms with Crippen molar-refractivity contribution in [2.45, 2.75) is 13.8 Å². The number of hydrogen-bond donors (Lipinski definition) is 0. The lowest BCUT2D eigenvalue weighted by Crippen LogP contribution is -1.67. The predicted molar refractivity (Wildman–Crippen MR) is 113 cm³/mol. The van der Waals surface area contributed by atoms with Gasteiger partial charge in [0, 0.05) is 34.3 Å². The van der Waals surface area contributed by atoms with Gasteiger partial charge in [-0.05, 0) is 71.5 Å². The van der Waals surface area contributed by atoms with Gasteiger partial charge in [-0.15, -0.1) is 45.3 Å². The van der Waals surface area contributed by atoms with Gasteiger partial charge in [-0.1, -0.05) is 6.07 Å². The molecule has 0 nitrogen and oxygen atoms in total. The number of aryl methyl sites for hydroxylation is 2. The lowest BCUT2D eigenvalue weighted by atomic mass is 10.1. The van der Waals surface area contributed by atoms with E-state index in [0.29, 0.717) is 0 Å². The maximum Gasteiger partial charge on any atom is 0.0472 e. The molecule has 0 N–H and O–H groups in total. The summed E-state index contributed by atoms with van der Waals surface area (Å²) in [5.74, 6) is 0. The second-order valence-corrected chi connectivity index (χ2v) is 9.95. The van der Waals surface area contributed by atoms with Crippen molar-refractivity contribution >= 4 is 65.5 Å². The monoisotopic (exact) mass is 382 g/mol. The molecule has 5 aromatic rings. The van der Waals surface area contributed by atoms with Crippen LogP contribution in [0.2, 0.25) is 0 Å². The van der Waals surface area contributed by atoms with Gasteiger partial charge < -0.3 is 0 Å². The van der Waals surface area contributed by atoms with E-state index in [2.05, 4.69) is 61.0 Å². The minimum Gasteiger partial charge on any atom is -0.143 e. The molecule has 4 heterocycles. The van der Waals surface area contributed by atoms with Crippen LogP contribution < -0.4 is 0 Å². The van der Waals surface area contributed by atoms with E-state index in [1.165, 1.54) is 50.8 Å². The topological polar surface area (TPSA) is 0 Å². The van der Waals surface area contributed by atoms with Gasteiger partial charge in [0.15, 0.2) is 0 Å². The standard InChI is InChI=1S/C20H14S4/c1-11-5-7-21-18(11)16-9-13-3-4-15-14(20(13)24-16)10-17(23-15)19-12(2)6-8-22-19/h3-10H,1-2H3. The third-order valence-electron chi connectivity index (χ3n) is 4.35. The zero-order valence-electron chi connectivity index (χ0n) is 13.3. The average Bonchev–Trinajstić information content (AvgIpc) is 3.29. The highest BCUT2D eigenvalue weighted by molar-refractivity contribution is 7.28. The predicted octanol–water partition coefficient (Wildman–Crippen LogP) is 8.19. The van der Waals surface area contributed by atoms with Crippen LogP contribution in [0.25, 0.3) is 39.7 Å². The van der Waals surface area contributed by atoms with Gasteiger partial charge in [0.25, 0.3) is 0 Å². The first-order valence-electron chi connectivity index (χ1n) is 7.76. The SMILES string of the molecule is Cc1ccsc1-c1cc2c(ccc3cc(-c4sccc4C)sc32)s1. The number of hydrogen-bond acceptors (Lipinski definition) is 4. The van der Waals surface area contributed by atoms with Gasteiger partial charge in [0.2, 0.25) is 0 Å². The molecule has 1 aromatic carbocycles. The molecular weight excluding hydrogens is 368 g/mol. The summed E-state index contributed by atoms with van der Waals surface area (Å²) in [6.45, 7) is 4.41. The minimum atomic E-state index is 1.36. The zero-order chi connectivity index (χ0) is 16.3. The lowest BCUT2D eigenvalue weighted by molar-refractivity contribution is 1.56. The number of benzene rings is 1. The van der Waals surface area contributed by atoms with Crippen molar-refractivity contribution < 1.29 is 0 Å². The summed E-state index contributed by atoms with van der Waals surface area (Å²) in [4.78, 5) is 5.61. The molecule has 0 aliphatic rings. The highest BCUT2D eigenvalue weighted by Gasteiger charge is 2.14. The molecule has 0 amide bonds. The first kappa shape index (κ1) is 14.8. The van der Waals surface area contributed by atoms with Crippen molar-refractivity contribution in [2.24, 2.45) is 0 Å². The molecule has 24 heavy (non-hydrogen) atoms. The molecule has 0 spiro atoms. The van der Waals surface area contributed by atoms with Gasteiger partial charge in [-0.3, -0.25) is 0 Å². The summed E-state index contributed by atoms with van der Waals surface area (Å²) in [7, 11) is 0. The van der Waals surface area contributed by atoms with Gasteiger partial charge in [-0.2, -0.15) is 0 Å². The highest BCUT2D eigenvalue weighted by Crippen LogP contribution is 2.45. The molecule has 0 bridgehead atoms. The Hall–Kier alpha value is -1.46. The second-order valence-electron chi connectivity index (χ2n) is 5.98. The molecule has 0 saturated heterocycles. The fraction of sp³-hybridized carbons (Fsp3) is 0.100. The molecule has 5 rings (SSSR count). The van der Waals surface area contributed by atoms with Crippen molar-refractivity contribution in [3.63, 3.8) is 0 Å². The first-order valence-corrected chi connectivity index (χ1v) is 11.1. The molecule has 4 heteroatoms. The van der Waals surface area contributed by atoms with E-state index in [-0.39, 0.29) is 0 Å². The third kappa shape index (κ3) is 2.21. The van der Waals surface area contributed by atoms with Gasteiger partial charge >= 0.3 is 0 Å². The van der Waals surface area contributed by atoms with Crippen LogP contribution in [0.5, 0.6) is 0 Å². The molecule has 118 valence electrons. The maximum atomic E-state index is 2.39. The van der Waals surface area contributed by atoms with Crippen LogP contribution in [0.15, 0.2) is 47.2 Å². The summed E-state index contributed by atoms with van der Waals surface area (Å²) in [6, 6.07) is 13.7. The molecule has 0 unspecified atom stereocenters. The van der Waals surface area contributed by atoms with Crippen molar-refractivity contribution in [1.29, 1.82) is 0 Å². The normalized spacial score (nSPS) is 11.8. The number of thiophene rings is 4. The molecule has 0 aliphatic carbocycles. The van der Waals surface area contributed by atoms with Crippen molar-refractivity contribution in [2.75, 3.05) is 0 Å². The molecular formula is C20H14S4. The molecule has 0 atom stereocenters. The van der Waals surface area contributed by atoms with E-state index in [0.717, 1.165) is 0 Å². The van der Waals surface area contributed by atoms with E-state index in [1.54, 1.807) is 0 Å². The van der Waals surface area contributed by atoms with Crippen LogP contribution in [0.3, 0.4) is 0 Å². The molecule has 0 aliphatic heterocycles. The van der Waals surface area contributed by atoms with Crippen LogP contribution in [0.1, 0.15) is 11.1 Å². The van der Waals surface area contributed by atoms with Crippen molar-refractivity contribution in [3.05, 3.63) is 58.3 Å². The second kappa shape index (κ2) is 5.53. The Balaban J connectivity index is 1.75. The van der Waals surface area contributed by atoms with E-state index in [9.17, 15) is 0 Å². The Labute approximate surface area is 156 Å². The van der Waals surface area contributed by atoms with Gasteiger partial charge in [0.1, 0.15) is 0 Å². The molecule has 0 saturated carbocycles. The van der Waals surface area contributed by atoms with Crippen LogP contribution in [-0.4, -0.2) is 0 Å². The van der Waals surface area contributed by atoms with Crippen molar-refractivity contribution in [1.82, 2.24) is 0 Å². The first-order chi connectivity index (χ1) is 11.7. The lowest BCUT2D eigenvalue weighted by Gasteiger charge is -1.92. The van der Waals surface area contributed by atoms with Gasteiger partial charge in [0.05, 0.1) is 0 Å². The Morgan fingerprint density at radius 3 is 2.00 bits per heavy atom. The highest BCUT2D eigenvalue weighted by atomic mass is 32.1. The van der Waals surface area contributed by atoms with Gasteiger partial charge in [-0.25, -0.2) is 0 Å². The Morgan fingerprint density at radius 1 is 0.708 bits per heavy atom. The van der Waals surface area contributed by atoms with Crippen molar-refractivity contribution in [3.8, 4) is 19.5 Å². The van der Waals surface area contributed by atoms with Crippen LogP contribution in [-0.2, 0) is 0 Å². The third-order valence-corrected chi connectivity index (χ3v) is 9.03. The summed E-state index contributed by atoms with van der Waals surface area (Å²) >= 11 is 7.53.